The fourth-order valence-corrected chi connectivity index (χ4v) is 2.67. The second-order valence-corrected chi connectivity index (χ2v) is 6.79. The number of carbonyl (C=O) groups is 1. The number of benzene rings is 1. The van der Waals surface area contributed by atoms with Crippen LogP contribution in [0.15, 0.2) is 18.2 Å². The van der Waals surface area contributed by atoms with E-state index in [0.717, 1.165) is 0 Å². The summed E-state index contributed by atoms with van der Waals surface area (Å²) in [6, 6.07) is 5.38. The molecule has 0 radical (unpaired) electrons. The summed E-state index contributed by atoms with van der Waals surface area (Å²) in [5.74, 6) is 0.694. The molecule has 0 saturated carbocycles. The molecular weight excluding hydrogens is 284 g/mol. The van der Waals surface area contributed by atoms with Crippen molar-refractivity contribution in [3.63, 3.8) is 0 Å². The minimum absolute atomic E-state index is 0.290. The van der Waals surface area contributed by atoms with Crippen molar-refractivity contribution in [3.05, 3.63) is 18.2 Å². The molecular formula is C16H22N2O4. The van der Waals surface area contributed by atoms with Gasteiger partial charge in [-0.15, -0.1) is 0 Å². The first-order chi connectivity index (χ1) is 10.3. The smallest absolute Gasteiger partial charge is 0.410 e. The molecule has 1 amide bonds. The molecule has 1 aromatic carbocycles. The van der Waals surface area contributed by atoms with Crippen LogP contribution < -0.4 is 15.2 Å². The number of anilines is 1. The Balaban J connectivity index is 1.62. The van der Waals surface area contributed by atoms with Crippen LogP contribution in [-0.4, -0.2) is 35.5 Å². The third-order valence-electron chi connectivity index (χ3n) is 3.74. The summed E-state index contributed by atoms with van der Waals surface area (Å²) in [5.41, 5.74) is 5.92. The van der Waals surface area contributed by atoms with E-state index in [-0.39, 0.29) is 6.09 Å². The number of nitrogens with two attached hydrogens (primary N) is 1. The van der Waals surface area contributed by atoms with Crippen LogP contribution in [0.3, 0.4) is 0 Å². The molecule has 0 aromatic heterocycles. The van der Waals surface area contributed by atoms with Crippen LogP contribution in [0.2, 0.25) is 0 Å². The largest absolute Gasteiger partial charge is 0.448 e. The van der Waals surface area contributed by atoms with Gasteiger partial charge in [-0.2, -0.15) is 0 Å². The van der Waals surface area contributed by atoms with Crippen molar-refractivity contribution < 1.29 is 19.0 Å². The molecule has 0 bridgehead atoms. The van der Waals surface area contributed by atoms with E-state index in [9.17, 15) is 4.79 Å². The number of rotatable bonds is 0. The van der Waals surface area contributed by atoms with Gasteiger partial charge in [0.15, 0.2) is 11.5 Å². The van der Waals surface area contributed by atoms with E-state index >= 15 is 0 Å². The summed E-state index contributed by atoms with van der Waals surface area (Å²) >= 11 is 0. The molecule has 1 spiro atoms. The van der Waals surface area contributed by atoms with Crippen LogP contribution >= 0.6 is 0 Å². The van der Waals surface area contributed by atoms with Gasteiger partial charge < -0.3 is 24.8 Å². The van der Waals surface area contributed by atoms with Crippen LogP contribution in [0.5, 0.6) is 11.5 Å². The van der Waals surface area contributed by atoms with Crippen LogP contribution in [0, 0.1) is 0 Å². The monoisotopic (exact) mass is 306 g/mol. The zero-order valence-electron chi connectivity index (χ0n) is 13.2. The normalized spacial score (nSPS) is 19.3. The summed E-state index contributed by atoms with van der Waals surface area (Å²) in [7, 11) is 0. The third-order valence-corrected chi connectivity index (χ3v) is 3.74. The van der Waals surface area contributed by atoms with Crippen LogP contribution in [0.1, 0.15) is 33.6 Å². The van der Waals surface area contributed by atoms with Gasteiger partial charge >= 0.3 is 6.09 Å². The van der Waals surface area contributed by atoms with E-state index in [1.807, 2.05) is 26.8 Å². The van der Waals surface area contributed by atoms with E-state index in [4.69, 9.17) is 19.9 Å². The number of fused-ring (bicyclic) bond motifs is 1. The Kier molecular flexibility index (Phi) is 3.34. The first-order valence-electron chi connectivity index (χ1n) is 7.52. The number of amides is 1. The molecule has 22 heavy (non-hydrogen) atoms. The topological polar surface area (TPSA) is 74.0 Å². The maximum atomic E-state index is 12.1. The van der Waals surface area contributed by atoms with Crippen molar-refractivity contribution in [2.75, 3.05) is 18.8 Å². The molecule has 3 rings (SSSR count). The molecule has 6 nitrogen and oxygen atoms in total. The Morgan fingerprint density at radius 1 is 1.23 bits per heavy atom. The Hall–Kier alpha value is -2.11. The molecule has 1 fully saturated rings. The summed E-state index contributed by atoms with van der Waals surface area (Å²) in [6.45, 7) is 6.67. The highest BCUT2D eigenvalue weighted by Crippen LogP contribution is 2.44. The number of hydrogen-bond donors (Lipinski definition) is 1. The van der Waals surface area contributed by atoms with Gasteiger partial charge in [-0.05, 0) is 32.9 Å². The number of nitrogens with zero attached hydrogens (tertiary/aromatic N) is 1. The van der Waals surface area contributed by atoms with Gasteiger partial charge in [0.25, 0.3) is 5.79 Å². The maximum Gasteiger partial charge on any atom is 0.410 e. The van der Waals surface area contributed by atoms with Gasteiger partial charge in [0.1, 0.15) is 5.60 Å². The molecule has 120 valence electrons. The van der Waals surface area contributed by atoms with Crippen LogP contribution in [0.4, 0.5) is 10.5 Å². The predicted molar refractivity (Wildman–Crippen MR) is 81.9 cm³/mol. The summed E-state index contributed by atoms with van der Waals surface area (Å²) < 4.78 is 17.3. The summed E-state index contributed by atoms with van der Waals surface area (Å²) in [6.07, 6.45) is 0.906. The van der Waals surface area contributed by atoms with Crippen LogP contribution in [0.25, 0.3) is 0 Å². The fraction of sp³-hybridized carbons (Fsp3) is 0.562. The SMILES string of the molecule is CC(C)(C)OC(=O)N1CCC2(CC1)Oc1ccc(N)cc1O2. The molecule has 0 atom stereocenters. The van der Waals surface area contributed by atoms with Gasteiger partial charge in [0, 0.05) is 37.7 Å². The molecule has 2 aliphatic heterocycles. The first-order valence-corrected chi connectivity index (χ1v) is 7.52. The minimum Gasteiger partial charge on any atom is -0.448 e. The van der Waals surface area contributed by atoms with Gasteiger partial charge in [-0.1, -0.05) is 0 Å². The zero-order chi connectivity index (χ0) is 16.0. The van der Waals surface area contributed by atoms with Crippen molar-refractivity contribution in [2.45, 2.75) is 45.0 Å². The molecule has 0 aliphatic carbocycles. The number of carbonyl (C=O) groups excluding carboxylic acids is 1. The number of nitrogen functional groups attached to an aromatic ring is 1. The second-order valence-electron chi connectivity index (χ2n) is 6.79. The molecule has 6 heteroatoms. The second kappa shape index (κ2) is 4.97. The average molecular weight is 306 g/mol. The molecule has 2 N–H and O–H groups in total. The maximum absolute atomic E-state index is 12.1. The lowest BCUT2D eigenvalue weighted by atomic mass is 10.0. The van der Waals surface area contributed by atoms with Crippen molar-refractivity contribution in [3.8, 4) is 11.5 Å². The number of piperidine rings is 1. The molecule has 1 aromatic rings. The van der Waals surface area contributed by atoms with E-state index in [1.54, 1.807) is 17.0 Å². The molecule has 1 saturated heterocycles. The molecule has 0 unspecified atom stereocenters. The number of ether oxygens (including phenoxy) is 3. The Morgan fingerprint density at radius 2 is 1.86 bits per heavy atom. The van der Waals surface area contributed by atoms with Crippen molar-refractivity contribution in [1.82, 2.24) is 4.90 Å². The van der Waals surface area contributed by atoms with E-state index in [2.05, 4.69) is 0 Å². The third kappa shape index (κ3) is 2.91. The highest BCUT2D eigenvalue weighted by Gasteiger charge is 2.45. The van der Waals surface area contributed by atoms with E-state index in [0.29, 0.717) is 43.1 Å². The van der Waals surface area contributed by atoms with Gasteiger partial charge in [0.05, 0.1) is 0 Å². The highest BCUT2D eigenvalue weighted by molar-refractivity contribution is 5.68. The van der Waals surface area contributed by atoms with Gasteiger partial charge in [-0.25, -0.2) is 4.79 Å². The lowest BCUT2D eigenvalue weighted by molar-refractivity contribution is -0.117. The standard InChI is InChI=1S/C16H22N2O4/c1-15(2,3)22-14(19)18-8-6-16(7-9-18)20-12-5-4-11(17)10-13(12)21-16/h4-5,10H,6-9,17H2,1-3H3. The summed E-state index contributed by atoms with van der Waals surface area (Å²) in [4.78, 5) is 13.8. The van der Waals surface area contributed by atoms with Crippen molar-refractivity contribution >= 4 is 11.8 Å². The molecule has 2 heterocycles. The quantitative estimate of drug-likeness (QED) is 0.746. The van der Waals surface area contributed by atoms with Crippen molar-refractivity contribution in [2.24, 2.45) is 0 Å². The number of likely N-dealkylation sites (tertiary alicyclic amines) is 1. The number of hydrogen-bond acceptors (Lipinski definition) is 5. The first kappa shape index (κ1) is 14.8. The lowest BCUT2D eigenvalue weighted by Gasteiger charge is -2.37. The van der Waals surface area contributed by atoms with Crippen LogP contribution in [-0.2, 0) is 4.74 Å². The van der Waals surface area contributed by atoms with E-state index in [1.165, 1.54) is 0 Å². The zero-order valence-corrected chi connectivity index (χ0v) is 13.2. The fourth-order valence-electron chi connectivity index (χ4n) is 2.67. The van der Waals surface area contributed by atoms with Crippen molar-refractivity contribution in [1.29, 1.82) is 0 Å². The summed E-state index contributed by atoms with van der Waals surface area (Å²) in [5, 5.41) is 0. The lowest BCUT2D eigenvalue weighted by Crippen LogP contribution is -2.52. The predicted octanol–water partition coefficient (Wildman–Crippen LogP) is 2.77. The minimum atomic E-state index is -0.686. The Labute approximate surface area is 130 Å². The Bertz CT molecular complexity index is 586. The van der Waals surface area contributed by atoms with Gasteiger partial charge in [-0.3, -0.25) is 0 Å². The highest BCUT2D eigenvalue weighted by atomic mass is 16.7. The molecule has 2 aliphatic rings. The van der Waals surface area contributed by atoms with Gasteiger partial charge in [0.2, 0.25) is 0 Å². The average Bonchev–Trinajstić information content (AvgIpc) is 2.74. The van der Waals surface area contributed by atoms with E-state index < -0.39 is 11.4 Å². The Morgan fingerprint density at radius 3 is 2.50 bits per heavy atom.